The van der Waals surface area contributed by atoms with Crippen molar-refractivity contribution >= 4 is 11.7 Å². The zero-order valence-corrected chi connectivity index (χ0v) is 8.53. The molecule has 1 aliphatic rings. The van der Waals surface area contributed by atoms with Crippen LogP contribution < -0.4 is 11.5 Å². The fourth-order valence-corrected chi connectivity index (χ4v) is 1.62. The minimum Gasteiger partial charge on any atom is -0.384 e. The summed E-state index contributed by atoms with van der Waals surface area (Å²) in [5.41, 5.74) is 10.8. The van der Waals surface area contributed by atoms with Gasteiger partial charge in [-0.2, -0.15) is 0 Å². The van der Waals surface area contributed by atoms with Gasteiger partial charge >= 0.3 is 0 Å². The molecule has 0 aliphatic carbocycles. The maximum Gasteiger partial charge on any atom is 0.240 e. The maximum absolute atomic E-state index is 10.9. The number of rotatable bonds is 1. The van der Waals surface area contributed by atoms with E-state index in [1.165, 1.54) is 0 Å². The van der Waals surface area contributed by atoms with Crippen LogP contribution in [0.1, 0.15) is 32.1 Å². The highest BCUT2D eigenvalue weighted by Crippen LogP contribution is 2.27. The maximum atomic E-state index is 10.9. The molecule has 5 nitrogen and oxygen atoms in total. The van der Waals surface area contributed by atoms with E-state index in [4.69, 9.17) is 11.5 Å². The van der Waals surface area contributed by atoms with Crippen molar-refractivity contribution in [1.29, 1.82) is 0 Å². The van der Waals surface area contributed by atoms with E-state index < -0.39 is 0 Å². The van der Waals surface area contributed by atoms with Gasteiger partial charge in [0.2, 0.25) is 5.91 Å². The van der Waals surface area contributed by atoms with Crippen LogP contribution in [0, 0.1) is 0 Å². The SMILES string of the molecule is CC.NC(=O)C1CCc2ncc(N)n21. The molecule has 1 unspecified atom stereocenters. The Morgan fingerprint density at radius 1 is 1.64 bits per heavy atom. The molecule has 2 rings (SSSR count). The van der Waals surface area contributed by atoms with Crippen molar-refractivity contribution in [2.75, 3.05) is 5.73 Å². The zero-order valence-electron chi connectivity index (χ0n) is 8.53. The Kier molecular flexibility index (Phi) is 3.11. The van der Waals surface area contributed by atoms with Crippen LogP contribution in [0.2, 0.25) is 0 Å². The van der Waals surface area contributed by atoms with Crippen LogP contribution in [0.15, 0.2) is 6.20 Å². The van der Waals surface area contributed by atoms with Crippen LogP contribution in [0.3, 0.4) is 0 Å². The van der Waals surface area contributed by atoms with Crippen LogP contribution in [0.4, 0.5) is 5.82 Å². The van der Waals surface area contributed by atoms with Crippen molar-refractivity contribution in [1.82, 2.24) is 9.55 Å². The van der Waals surface area contributed by atoms with Gasteiger partial charge in [-0.05, 0) is 6.42 Å². The average Bonchev–Trinajstić information content (AvgIpc) is 2.72. The molecular formula is C9H16N4O. The van der Waals surface area contributed by atoms with E-state index in [2.05, 4.69) is 4.98 Å². The number of primary amides is 1. The Bertz CT molecular complexity index is 332. The van der Waals surface area contributed by atoms with Crippen LogP contribution in [0.5, 0.6) is 0 Å². The number of aromatic nitrogens is 2. The highest BCUT2D eigenvalue weighted by molar-refractivity contribution is 5.79. The van der Waals surface area contributed by atoms with Crippen LogP contribution >= 0.6 is 0 Å². The predicted octanol–water partition coefficient (Wildman–Crippen LogP) is 0.464. The molecule has 5 heteroatoms. The molecule has 0 spiro atoms. The molecule has 1 atom stereocenters. The minimum absolute atomic E-state index is 0.289. The molecule has 4 N–H and O–H groups in total. The second-order valence-electron chi connectivity index (χ2n) is 2.93. The minimum atomic E-state index is -0.335. The van der Waals surface area contributed by atoms with Crippen LogP contribution in [-0.4, -0.2) is 15.5 Å². The third-order valence-corrected chi connectivity index (χ3v) is 2.18. The molecule has 1 aromatic heterocycles. The molecule has 2 heterocycles. The second-order valence-corrected chi connectivity index (χ2v) is 2.93. The lowest BCUT2D eigenvalue weighted by molar-refractivity contribution is -0.120. The van der Waals surface area contributed by atoms with Gasteiger partial charge < -0.3 is 16.0 Å². The predicted molar refractivity (Wildman–Crippen MR) is 54.5 cm³/mol. The number of carbonyl (C=O) groups excluding carboxylic acids is 1. The van der Waals surface area contributed by atoms with Crippen molar-refractivity contribution < 1.29 is 4.79 Å². The molecule has 0 saturated carbocycles. The molecular weight excluding hydrogens is 180 g/mol. The number of aryl methyl sites for hydroxylation is 1. The number of nitrogens with zero attached hydrogens (tertiary/aromatic N) is 2. The van der Waals surface area contributed by atoms with E-state index in [-0.39, 0.29) is 11.9 Å². The number of fused-ring (bicyclic) bond motifs is 1. The summed E-state index contributed by atoms with van der Waals surface area (Å²) in [7, 11) is 0. The number of nitrogen functional groups attached to an aromatic ring is 1. The number of nitrogens with two attached hydrogens (primary N) is 2. The van der Waals surface area contributed by atoms with Gasteiger partial charge in [0.25, 0.3) is 0 Å². The molecule has 0 radical (unpaired) electrons. The molecule has 14 heavy (non-hydrogen) atoms. The lowest BCUT2D eigenvalue weighted by Gasteiger charge is -2.09. The topological polar surface area (TPSA) is 86.9 Å². The fraction of sp³-hybridized carbons (Fsp3) is 0.556. The monoisotopic (exact) mass is 196 g/mol. The molecule has 1 aromatic rings. The first-order chi connectivity index (χ1) is 6.70. The van der Waals surface area contributed by atoms with Gasteiger partial charge in [-0.3, -0.25) is 4.79 Å². The Balaban J connectivity index is 0.000000461. The first-order valence-electron chi connectivity index (χ1n) is 4.81. The van der Waals surface area contributed by atoms with Crippen molar-refractivity contribution in [3.63, 3.8) is 0 Å². The number of amides is 1. The Labute approximate surface area is 83.1 Å². The molecule has 78 valence electrons. The van der Waals surface area contributed by atoms with E-state index in [0.717, 1.165) is 18.7 Å². The fourth-order valence-electron chi connectivity index (χ4n) is 1.62. The zero-order chi connectivity index (χ0) is 10.7. The lowest BCUT2D eigenvalue weighted by Crippen LogP contribution is -2.24. The van der Waals surface area contributed by atoms with E-state index >= 15 is 0 Å². The van der Waals surface area contributed by atoms with Gasteiger partial charge in [0.1, 0.15) is 17.7 Å². The van der Waals surface area contributed by atoms with Crippen LogP contribution in [0.25, 0.3) is 0 Å². The standard InChI is InChI=1S/C7H10N4O.C2H6/c8-5-3-10-6-2-1-4(7(9)12)11(5)6;1-2/h3-4H,1-2,8H2,(H2,9,12);1-2H3. The third-order valence-electron chi connectivity index (χ3n) is 2.18. The normalized spacial score (nSPS) is 18.3. The summed E-state index contributed by atoms with van der Waals surface area (Å²) in [4.78, 5) is 15.0. The van der Waals surface area contributed by atoms with E-state index in [0.29, 0.717) is 5.82 Å². The van der Waals surface area contributed by atoms with Gasteiger partial charge in [-0.1, -0.05) is 13.8 Å². The number of imidazole rings is 1. The van der Waals surface area contributed by atoms with Gasteiger partial charge in [-0.15, -0.1) is 0 Å². The van der Waals surface area contributed by atoms with E-state index in [1.54, 1.807) is 10.8 Å². The van der Waals surface area contributed by atoms with Crippen molar-refractivity contribution in [3.8, 4) is 0 Å². The molecule has 0 saturated heterocycles. The summed E-state index contributed by atoms with van der Waals surface area (Å²) in [6.07, 6.45) is 3.07. The highest BCUT2D eigenvalue weighted by Gasteiger charge is 2.28. The summed E-state index contributed by atoms with van der Waals surface area (Å²) in [5, 5.41) is 0. The molecule has 0 aromatic carbocycles. The quantitative estimate of drug-likeness (QED) is 0.684. The largest absolute Gasteiger partial charge is 0.384 e. The number of anilines is 1. The smallest absolute Gasteiger partial charge is 0.240 e. The van der Waals surface area contributed by atoms with E-state index in [1.807, 2.05) is 13.8 Å². The van der Waals surface area contributed by atoms with Gasteiger partial charge in [0, 0.05) is 6.42 Å². The van der Waals surface area contributed by atoms with Crippen LogP contribution in [-0.2, 0) is 11.2 Å². The summed E-state index contributed by atoms with van der Waals surface area (Å²) in [6.45, 7) is 4.00. The summed E-state index contributed by atoms with van der Waals surface area (Å²) < 4.78 is 1.71. The van der Waals surface area contributed by atoms with Gasteiger partial charge in [-0.25, -0.2) is 4.98 Å². The van der Waals surface area contributed by atoms with Gasteiger partial charge in [0.15, 0.2) is 0 Å². The average molecular weight is 196 g/mol. The summed E-state index contributed by atoms with van der Waals surface area (Å²) >= 11 is 0. The lowest BCUT2D eigenvalue weighted by atomic mass is 10.2. The van der Waals surface area contributed by atoms with Crippen molar-refractivity contribution in [3.05, 3.63) is 12.0 Å². The number of hydrogen-bond acceptors (Lipinski definition) is 3. The van der Waals surface area contributed by atoms with Crippen molar-refractivity contribution in [2.45, 2.75) is 32.7 Å². The molecule has 0 fully saturated rings. The second kappa shape index (κ2) is 4.13. The highest BCUT2D eigenvalue weighted by atomic mass is 16.1. The third kappa shape index (κ3) is 1.57. The van der Waals surface area contributed by atoms with Gasteiger partial charge in [0.05, 0.1) is 6.20 Å². The Morgan fingerprint density at radius 3 is 2.86 bits per heavy atom. The Morgan fingerprint density at radius 2 is 2.29 bits per heavy atom. The van der Waals surface area contributed by atoms with Crippen molar-refractivity contribution in [2.24, 2.45) is 5.73 Å². The Hall–Kier alpha value is -1.52. The summed E-state index contributed by atoms with van der Waals surface area (Å²) in [5.74, 6) is 1.04. The molecule has 1 aliphatic heterocycles. The van der Waals surface area contributed by atoms with E-state index in [9.17, 15) is 4.79 Å². The first-order valence-corrected chi connectivity index (χ1v) is 4.81. The summed E-state index contributed by atoms with van der Waals surface area (Å²) in [6, 6.07) is -0.289. The molecule has 1 amide bonds. The first kappa shape index (κ1) is 10.6. The number of hydrogen-bond donors (Lipinski definition) is 2. The molecule has 0 bridgehead atoms. The number of carbonyl (C=O) groups is 1.